The second-order valence-corrected chi connectivity index (χ2v) is 8.68. The molecule has 0 fully saturated rings. The van der Waals surface area contributed by atoms with Gasteiger partial charge in [0.2, 0.25) is 5.89 Å². The van der Waals surface area contributed by atoms with E-state index in [1.165, 1.54) is 0 Å². The standard InChI is InChI=1S/C21H14I2N2O3/c1-11-2-4-17-19(6-11)28-21(25-17)15-9-14(3-5-18(15)26)24-10-12-7-13(22)8-16(23)20(12)27/h2-10,26-27H,1H3. The third-order valence-electron chi connectivity index (χ3n) is 4.16. The Morgan fingerprint density at radius 3 is 2.68 bits per heavy atom. The first-order valence-electron chi connectivity index (χ1n) is 8.33. The number of phenolic OH excluding ortho intramolecular Hbond substituents is 2. The molecule has 0 aliphatic rings. The second kappa shape index (κ2) is 7.70. The molecular weight excluding hydrogens is 582 g/mol. The molecule has 0 unspecified atom stereocenters. The zero-order valence-electron chi connectivity index (χ0n) is 14.6. The summed E-state index contributed by atoms with van der Waals surface area (Å²) in [5.41, 5.74) is 4.17. The number of phenols is 2. The van der Waals surface area contributed by atoms with E-state index < -0.39 is 0 Å². The minimum atomic E-state index is 0.0638. The number of halogens is 2. The Hall–Kier alpha value is -2.14. The van der Waals surface area contributed by atoms with Crippen LogP contribution in [0, 0.1) is 14.1 Å². The number of nitrogens with zero attached hydrogens (tertiary/aromatic N) is 2. The number of aromatic hydroxyl groups is 2. The quantitative estimate of drug-likeness (QED) is 0.219. The zero-order valence-corrected chi connectivity index (χ0v) is 19.0. The SMILES string of the molecule is Cc1ccc2nc(-c3cc(N=Cc4cc(I)cc(I)c4O)ccc3O)oc2c1. The third kappa shape index (κ3) is 3.86. The van der Waals surface area contributed by atoms with Crippen molar-refractivity contribution in [1.82, 2.24) is 4.98 Å². The lowest BCUT2D eigenvalue weighted by molar-refractivity contribution is 0.470. The number of hydrogen-bond acceptors (Lipinski definition) is 5. The number of hydrogen-bond donors (Lipinski definition) is 2. The summed E-state index contributed by atoms with van der Waals surface area (Å²) >= 11 is 4.28. The van der Waals surface area contributed by atoms with Gasteiger partial charge in [-0.1, -0.05) is 6.07 Å². The van der Waals surface area contributed by atoms with Crippen molar-refractivity contribution in [3.05, 3.63) is 66.8 Å². The van der Waals surface area contributed by atoms with Gasteiger partial charge in [-0.25, -0.2) is 4.98 Å². The number of aliphatic imine (C=N–C) groups is 1. The number of aryl methyl sites for hydroxylation is 1. The van der Waals surface area contributed by atoms with Crippen molar-refractivity contribution in [3.63, 3.8) is 0 Å². The molecule has 3 aromatic carbocycles. The number of rotatable bonds is 3. The highest BCUT2D eigenvalue weighted by Gasteiger charge is 2.13. The van der Waals surface area contributed by atoms with Crippen LogP contribution in [0.3, 0.4) is 0 Å². The van der Waals surface area contributed by atoms with E-state index in [1.807, 2.05) is 37.3 Å². The topological polar surface area (TPSA) is 78.9 Å². The lowest BCUT2D eigenvalue weighted by atomic mass is 10.1. The van der Waals surface area contributed by atoms with Gasteiger partial charge in [-0.3, -0.25) is 4.99 Å². The average molecular weight is 596 g/mol. The fourth-order valence-electron chi connectivity index (χ4n) is 2.75. The van der Waals surface area contributed by atoms with Crippen LogP contribution in [0.5, 0.6) is 11.5 Å². The monoisotopic (exact) mass is 596 g/mol. The summed E-state index contributed by atoms with van der Waals surface area (Å²) in [6.45, 7) is 1.98. The van der Waals surface area contributed by atoms with E-state index in [4.69, 9.17) is 4.42 Å². The fourth-order valence-corrected chi connectivity index (χ4v) is 4.64. The summed E-state index contributed by atoms with van der Waals surface area (Å²) in [5, 5.41) is 20.5. The Morgan fingerprint density at radius 1 is 1.04 bits per heavy atom. The predicted octanol–water partition coefficient (Wildman–Crippen LogP) is 6.17. The van der Waals surface area contributed by atoms with Gasteiger partial charge in [0.15, 0.2) is 5.58 Å². The molecule has 0 aliphatic carbocycles. The summed E-state index contributed by atoms with van der Waals surface area (Å²) in [4.78, 5) is 8.90. The molecule has 5 nitrogen and oxygen atoms in total. The van der Waals surface area contributed by atoms with Gasteiger partial charge in [0.25, 0.3) is 0 Å². The number of oxazole rings is 1. The van der Waals surface area contributed by atoms with Crippen molar-refractivity contribution >= 4 is 68.2 Å². The van der Waals surface area contributed by atoms with E-state index in [2.05, 4.69) is 55.2 Å². The fraction of sp³-hybridized carbons (Fsp3) is 0.0476. The van der Waals surface area contributed by atoms with Crippen LogP contribution in [-0.2, 0) is 0 Å². The molecule has 4 aromatic rings. The van der Waals surface area contributed by atoms with Crippen LogP contribution < -0.4 is 0 Å². The lowest BCUT2D eigenvalue weighted by Crippen LogP contribution is -1.88. The van der Waals surface area contributed by atoms with Crippen LogP contribution in [0.2, 0.25) is 0 Å². The molecule has 0 bridgehead atoms. The van der Waals surface area contributed by atoms with Gasteiger partial charge in [0.1, 0.15) is 17.0 Å². The molecule has 4 rings (SSSR count). The Morgan fingerprint density at radius 2 is 1.86 bits per heavy atom. The molecule has 0 saturated heterocycles. The van der Waals surface area contributed by atoms with E-state index in [1.54, 1.807) is 24.4 Å². The highest BCUT2D eigenvalue weighted by molar-refractivity contribution is 14.1. The molecule has 7 heteroatoms. The minimum absolute atomic E-state index is 0.0638. The number of fused-ring (bicyclic) bond motifs is 1. The highest BCUT2D eigenvalue weighted by Crippen LogP contribution is 2.34. The third-order valence-corrected chi connectivity index (χ3v) is 5.61. The Bertz CT molecular complexity index is 1230. The second-order valence-electron chi connectivity index (χ2n) is 6.28. The lowest BCUT2D eigenvalue weighted by Gasteiger charge is -2.04. The smallest absolute Gasteiger partial charge is 0.231 e. The van der Waals surface area contributed by atoms with Crippen molar-refractivity contribution in [2.45, 2.75) is 6.92 Å². The van der Waals surface area contributed by atoms with Crippen molar-refractivity contribution in [3.8, 4) is 23.0 Å². The summed E-state index contributed by atoms with van der Waals surface area (Å²) in [7, 11) is 0. The van der Waals surface area contributed by atoms with Gasteiger partial charge >= 0.3 is 0 Å². The van der Waals surface area contributed by atoms with E-state index in [0.717, 1.165) is 18.2 Å². The Balaban J connectivity index is 1.73. The molecule has 0 radical (unpaired) electrons. The van der Waals surface area contributed by atoms with Gasteiger partial charge in [-0.15, -0.1) is 0 Å². The molecular formula is C21H14I2N2O3. The largest absolute Gasteiger partial charge is 0.507 e. The first-order chi connectivity index (χ1) is 13.4. The van der Waals surface area contributed by atoms with Crippen molar-refractivity contribution in [2.24, 2.45) is 4.99 Å². The molecule has 1 aromatic heterocycles. The highest BCUT2D eigenvalue weighted by atomic mass is 127. The minimum Gasteiger partial charge on any atom is -0.507 e. The molecule has 0 atom stereocenters. The van der Waals surface area contributed by atoms with Gasteiger partial charge in [-0.05, 0) is 100 Å². The van der Waals surface area contributed by atoms with Crippen LogP contribution in [0.25, 0.3) is 22.6 Å². The zero-order chi connectivity index (χ0) is 19.8. The van der Waals surface area contributed by atoms with Crippen molar-refractivity contribution < 1.29 is 14.6 Å². The van der Waals surface area contributed by atoms with E-state index in [9.17, 15) is 10.2 Å². The van der Waals surface area contributed by atoms with Crippen molar-refractivity contribution in [2.75, 3.05) is 0 Å². The molecule has 0 aliphatic heterocycles. The molecule has 140 valence electrons. The number of aromatic nitrogens is 1. The maximum atomic E-state index is 10.3. The van der Waals surface area contributed by atoms with Crippen LogP contribution in [-0.4, -0.2) is 21.4 Å². The Labute approximate surface area is 188 Å². The van der Waals surface area contributed by atoms with Gasteiger partial charge < -0.3 is 14.6 Å². The summed E-state index contributed by atoms with van der Waals surface area (Å²) in [5.74, 6) is 0.591. The summed E-state index contributed by atoms with van der Waals surface area (Å²) < 4.78 is 7.59. The molecule has 1 heterocycles. The maximum Gasteiger partial charge on any atom is 0.231 e. The van der Waals surface area contributed by atoms with Crippen molar-refractivity contribution in [1.29, 1.82) is 0 Å². The molecule has 0 spiro atoms. The summed E-state index contributed by atoms with van der Waals surface area (Å²) in [6.07, 6.45) is 1.60. The van der Waals surface area contributed by atoms with Crippen LogP contribution in [0.15, 0.2) is 57.9 Å². The van der Waals surface area contributed by atoms with E-state index in [-0.39, 0.29) is 11.5 Å². The van der Waals surface area contributed by atoms with Gasteiger partial charge in [0, 0.05) is 15.3 Å². The van der Waals surface area contributed by atoms with E-state index >= 15 is 0 Å². The predicted molar refractivity (Wildman–Crippen MR) is 127 cm³/mol. The van der Waals surface area contributed by atoms with Crippen LogP contribution >= 0.6 is 45.2 Å². The first-order valence-corrected chi connectivity index (χ1v) is 10.5. The molecule has 0 amide bonds. The van der Waals surface area contributed by atoms with Crippen LogP contribution in [0.1, 0.15) is 11.1 Å². The molecule has 0 saturated carbocycles. The molecule has 2 N–H and O–H groups in total. The molecule has 28 heavy (non-hydrogen) atoms. The maximum absolute atomic E-state index is 10.3. The normalized spacial score (nSPS) is 11.5. The first kappa shape index (κ1) is 19.2. The van der Waals surface area contributed by atoms with Gasteiger partial charge in [-0.2, -0.15) is 0 Å². The van der Waals surface area contributed by atoms with Crippen LogP contribution in [0.4, 0.5) is 5.69 Å². The summed E-state index contributed by atoms with van der Waals surface area (Å²) in [6, 6.07) is 14.5. The van der Waals surface area contributed by atoms with E-state index in [0.29, 0.717) is 28.3 Å². The van der Waals surface area contributed by atoms with Gasteiger partial charge in [0.05, 0.1) is 14.8 Å². The Kier molecular flexibility index (Phi) is 5.28. The average Bonchev–Trinajstić information content (AvgIpc) is 3.07. The number of benzene rings is 3.